The highest BCUT2D eigenvalue weighted by molar-refractivity contribution is 7.89. The number of oxazole rings is 1. The SMILES string of the molecule is CCc1nc(Cn2c(=O)oc3cc(S(=O)(=O)N(C)Cc4ccccc4)ccc32)no1. The molecule has 0 atom stereocenters. The fraction of sp³-hybridized carbons (Fsp3) is 0.250. The highest BCUT2D eigenvalue weighted by Gasteiger charge is 2.23. The normalized spacial score (nSPS) is 12.1. The molecule has 9 nitrogen and oxygen atoms in total. The lowest BCUT2D eigenvalue weighted by Crippen LogP contribution is -2.26. The van der Waals surface area contributed by atoms with E-state index < -0.39 is 15.8 Å². The van der Waals surface area contributed by atoms with Crippen molar-refractivity contribution in [2.24, 2.45) is 0 Å². The Labute approximate surface area is 172 Å². The van der Waals surface area contributed by atoms with Gasteiger partial charge in [0.1, 0.15) is 0 Å². The molecule has 4 aromatic rings. The van der Waals surface area contributed by atoms with Gasteiger partial charge in [-0.2, -0.15) is 9.29 Å². The first kappa shape index (κ1) is 20.0. The summed E-state index contributed by atoms with van der Waals surface area (Å²) in [5.41, 5.74) is 1.50. The van der Waals surface area contributed by atoms with Crippen molar-refractivity contribution in [3.05, 3.63) is 76.4 Å². The van der Waals surface area contributed by atoms with E-state index in [9.17, 15) is 13.2 Å². The Bertz CT molecular complexity index is 1340. The second-order valence-electron chi connectivity index (χ2n) is 6.79. The number of aromatic nitrogens is 3. The van der Waals surface area contributed by atoms with Gasteiger partial charge in [0.25, 0.3) is 0 Å². The molecule has 0 bridgehead atoms. The Morgan fingerprint density at radius 1 is 1.13 bits per heavy atom. The lowest BCUT2D eigenvalue weighted by molar-refractivity contribution is 0.375. The first-order valence-electron chi connectivity index (χ1n) is 9.33. The van der Waals surface area contributed by atoms with E-state index in [2.05, 4.69) is 10.1 Å². The van der Waals surface area contributed by atoms with Crippen molar-refractivity contribution < 1.29 is 17.4 Å². The summed E-state index contributed by atoms with van der Waals surface area (Å²) in [6.07, 6.45) is 0.589. The second-order valence-corrected chi connectivity index (χ2v) is 8.83. The Balaban J connectivity index is 1.64. The van der Waals surface area contributed by atoms with E-state index in [0.717, 1.165) is 5.56 Å². The Hall–Kier alpha value is -3.24. The standard InChI is InChI=1S/C20H20N4O5S/c1-3-19-21-18(22-29-19)13-24-16-10-9-15(11-17(16)28-20(24)25)30(26,27)23(2)12-14-7-5-4-6-8-14/h4-11H,3,12-13H2,1-2H3. The molecule has 0 aliphatic heterocycles. The molecule has 0 amide bonds. The third-order valence-corrected chi connectivity index (χ3v) is 6.51. The molecule has 10 heteroatoms. The predicted molar refractivity (Wildman–Crippen MR) is 108 cm³/mol. The van der Waals surface area contributed by atoms with Gasteiger partial charge in [0.15, 0.2) is 11.4 Å². The summed E-state index contributed by atoms with van der Waals surface area (Å²) < 4.78 is 38.9. The monoisotopic (exact) mass is 428 g/mol. The molecule has 2 aromatic heterocycles. The van der Waals surface area contributed by atoms with Gasteiger partial charge in [0.2, 0.25) is 15.9 Å². The van der Waals surface area contributed by atoms with Crippen molar-refractivity contribution in [2.75, 3.05) is 7.05 Å². The Morgan fingerprint density at radius 2 is 1.90 bits per heavy atom. The van der Waals surface area contributed by atoms with Crippen LogP contribution < -0.4 is 5.76 Å². The van der Waals surface area contributed by atoms with E-state index in [4.69, 9.17) is 8.94 Å². The van der Waals surface area contributed by atoms with Crippen molar-refractivity contribution in [2.45, 2.75) is 31.3 Å². The van der Waals surface area contributed by atoms with Crippen molar-refractivity contribution in [3.8, 4) is 0 Å². The van der Waals surface area contributed by atoms with Crippen molar-refractivity contribution >= 4 is 21.1 Å². The van der Waals surface area contributed by atoms with Crippen LogP contribution in [0.5, 0.6) is 0 Å². The lowest BCUT2D eigenvalue weighted by atomic mass is 10.2. The topological polar surface area (TPSA) is 111 Å². The molecule has 0 saturated heterocycles. The van der Waals surface area contributed by atoms with E-state index in [-0.39, 0.29) is 23.6 Å². The summed E-state index contributed by atoms with van der Waals surface area (Å²) in [6.45, 7) is 2.17. The van der Waals surface area contributed by atoms with E-state index in [1.54, 1.807) is 6.07 Å². The van der Waals surface area contributed by atoms with Crippen LogP contribution in [0, 0.1) is 0 Å². The Morgan fingerprint density at radius 3 is 2.60 bits per heavy atom. The van der Waals surface area contributed by atoms with Crippen LogP contribution in [-0.4, -0.2) is 34.5 Å². The number of aryl methyl sites for hydroxylation is 1. The molecule has 4 rings (SSSR count). The minimum atomic E-state index is -3.77. The fourth-order valence-corrected chi connectivity index (χ4v) is 4.28. The maximum Gasteiger partial charge on any atom is 0.420 e. The second kappa shape index (κ2) is 7.88. The van der Waals surface area contributed by atoms with Crippen LogP contribution in [0.1, 0.15) is 24.2 Å². The average Bonchev–Trinajstić information content (AvgIpc) is 3.32. The number of sulfonamides is 1. The van der Waals surface area contributed by atoms with Gasteiger partial charge in [-0.05, 0) is 17.7 Å². The molecule has 0 aliphatic rings. The van der Waals surface area contributed by atoms with Gasteiger partial charge in [-0.1, -0.05) is 42.4 Å². The number of hydrogen-bond acceptors (Lipinski definition) is 7. The number of hydrogen-bond donors (Lipinski definition) is 0. The summed E-state index contributed by atoms with van der Waals surface area (Å²) in [5.74, 6) is 0.191. The molecule has 0 N–H and O–H groups in total. The molecule has 0 unspecified atom stereocenters. The molecule has 0 spiro atoms. The molecule has 30 heavy (non-hydrogen) atoms. The lowest BCUT2D eigenvalue weighted by Gasteiger charge is -2.17. The number of fused-ring (bicyclic) bond motifs is 1. The predicted octanol–water partition coefficient (Wildman–Crippen LogP) is 2.41. The molecular weight excluding hydrogens is 408 g/mol. The molecule has 156 valence electrons. The van der Waals surface area contributed by atoms with Gasteiger partial charge in [-0.3, -0.25) is 4.57 Å². The number of benzene rings is 2. The fourth-order valence-electron chi connectivity index (χ4n) is 3.10. The van der Waals surface area contributed by atoms with Crippen molar-refractivity contribution in [1.29, 1.82) is 0 Å². The van der Waals surface area contributed by atoms with Crippen LogP contribution in [0.3, 0.4) is 0 Å². The maximum atomic E-state index is 13.0. The summed E-state index contributed by atoms with van der Waals surface area (Å²) in [6, 6.07) is 13.7. The summed E-state index contributed by atoms with van der Waals surface area (Å²) >= 11 is 0. The van der Waals surface area contributed by atoms with E-state index >= 15 is 0 Å². The molecule has 0 radical (unpaired) electrons. The van der Waals surface area contributed by atoms with Gasteiger partial charge in [-0.15, -0.1) is 0 Å². The average molecular weight is 428 g/mol. The van der Waals surface area contributed by atoms with E-state index in [1.807, 2.05) is 37.3 Å². The smallest absolute Gasteiger partial charge is 0.408 e. The van der Waals surface area contributed by atoms with Gasteiger partial charge < -0.3 is 8.94 Å². The Kier molecular flexibility index (Phi) is 5.27. The summed E-state index contributed by atoms with van der Waals surface area (Å²) in [4.78, 5) is 16.5. The van der Waals surface area contributed by atoms with Gasteiger partial charge in [0, 0.05) is 26.1 Å². The van der Waals surface area contributed by atoms with Crippen LogP contribution in [0.25, 0.3) is 11.1 Å². The van der Waals surface area contributed by atoms with Crippen LogP contribution in [0.2, 0.25) is 0 Å². The molecule has 0 saturated carbocycles. The molecular formula is C20H20N4O5S. The minimum Gasteiger partial charge on any atom is -0.408 e. The third kappa shape index (κ3) is 3.79. The van der Waals surface area contributed by atoms with Gasteiger partial charge in [0.05, 0.1) is 17.0 Å². The number of rotatable bonds is 7. The van der Waals surface area contributed by atoms with Crippen LogP contribution in [0.4, 0.5) is 0 Å². The molecule has 0 fully saturated rings. The summed E-state index contributed by atoms with van der Waals surface area (Å²) in [5, 5.41) is 3.84. The van der Waals surface area contributed by atoms with E-state index in [1.165, 1.54) is 28.1 Å². The highest BCUT2D eigenvalue weighted by Crippen LogP contribution is 2.22. The first-order valence-corrected chi connectivity index (χ1v) is 10.8. The molecule has 2 heterocycles. The molecule has 2 aromatic carbocycles. The van der Waals surface area contributed by atoms with Crippen LogP contribution in [-0.2, 0) is 29.5 Å². The third-order valence-electron chi connectivity index (χ3n) is 4.71. The summed E-state index contributed by atoms with van der Waals surface area (Å²) in [7, 11) is -2.26. The molecule has 0 aliphatic carbocycles. The van der Waals surface area contributed by atoms with Gasteiger partial charge >= 0.3 is 5.76 Å². The van der Waals surface area contributed by atoms with E-state index in [0.29, 0.717) is 23.7 Å². The quantitative estimate of drug-likeness (QED) is 0.444. The highest BCUT2D eigenvalue weighted by atomic mass is 32.2. The maximum absolute atomic E-state index is 13.0. The van der Waals surface area contributed by atoms with Crippen LogP contribution >= 0.6 is 0 Å². The van der Waals surface area contributed by atoms with Gasteiger partial charge in [-0.25, -0.2) is 13.2 Å². The van der Waals surface area contributed by atoms with Crippen LogP contribution in [0.15, 0.2) is 67.2 Å². The number of nitrogens with zero attached hydrogens (tertiary/aromatic N) is 4. The zero-order valence-electron chi connectivity index (χ0n) is 16.5. The zero-order valence-corrected chi connectivity index (χ0v) is 17.3. The van der Waals surface area contributed by atoms with Crippen molar-refractivity contribution in [3.63, 3.8) is 0 Å². The largest absolute Gasteiger partial charge is 0.420 e. The van der Waals surface area contributed by atoms with Crippen molar-refractivity contribution in [1.82, 2.24) is 19.0 Å². The first-order chi connectivity index (χ1) is 14.4. The zero-order chi connectivity index (χ0) is 21.3. The minimum absolute atomic E-state index is 0.0437.